The van der Waals surface area contributed by atoms with Crippen molar-refractivity contribution in [3.8, 4) is 0 Å². The zero-order chi connectivity index (χ0) is 10.1. The Balaban J connectivity index is 3.20. The summed E-state index contributed by atoms with van der Waals surface area (Å²) in [5.41, 5.74) is 2.35. The van der Waals surface area contributed by atoms with Gasteiger partial charge in [-0.2, -0.15) is 0 Å². The second kappa shape index (κ2) is 8.01. The molecule has 0 bridgehead atoms. The average Bonchev–Trinajstić information content (AvgIpc) is 2.04. The molecule has 0 unspecified atom stereocenters. The molecule has 0 aliphatic heterocycles. The van der Waals surface area contributed by atoms with Crippen molar-refractivity contribution in [2.24, 2.45) is 5.92 Å². The van der Waals surface area contributed by atoms with E-state index in [1.165, 1.54) is 0 Å². The number of hydrogen-bond donors (Lipinski definition) is 2. The van der Waals surface area contributed by atoms with Crippen LogP contribution in [0.4, 0.5) is 0 Å². The molecule has 0 aliphatic carbocycles. The van der Waals surface area contributed by atoms with E-state index in [4.69, 9.17) is 9.94 Å². The maximum absolute atomic E-state index is 11.0. The Labute approximate surface area is 79.2 Å². The summed E-state index contributed by atoms with van der Waals surface area (Å²) in [6, 6.07) is 0. The van der Waals surface area contributed by atoms with Gasteiger partial charge in [-0.1, -0.05) is 13.8 Å². The first-order valence-corrected chi connectivity index (χ1v) is 4.68. The molecule has 0 aromatic carbocycles. The number of carbonyl (C=O) groups excluding carboxylic acids is 1. The molecule has 0 rings (SSSR count). The van der Waals surface area contributed by atoms with Crippen LogP contribution in [0, 0.1) is 5.92 Å². The maximum atomic E-state index is 11.0. The van der Waals surface area contributed by atoms with Crippen LogP contribution in [0.15, 0.2) is 0 Å². The maximum Gasteiger partial charge on any atom is 0.243 e. The molecule has 0 saturated carbocycles. The molecule has 1 amide bonds. The van der Waals surface area contributed by atoms with Gasteiger partial charge >= 0.3 is 0 Å². The second-order valence-corrected chi connectivity index (χ2v) is 3.41. The van der Waals surface area contributed by atoms with E-state index in [1.807, 2.05) is 13.8 Å². The lowest BCUT2D eigenvalue weighted by atomic mass is 10.2. The smallest absolute Gasteiger partial charge is 0.243 e. The van der Waals surface area contributed by atoms with E-state index in [9.17, 15) is 4.79 Å². The summed E-state index contributed by atoms with van der Waals surface area (Å²) in [6.07, 6.45) is 1.78. The number of amides is 1. The zero-order valence-electron chi connectivity index (χ0n) is 8.38. The highest BCUT2D eigenvalue weighted by Crippen LogP contribution is 1.94. The van der Waals surface area contributed by atoms with Crippen molar-refractivity contribution >= 4 is 5.91 Å². The van der Waals surface area contributed by atoms with Gasteiger partial charge in [0.15, 0.2) is 0 Å². The van der Waals surface area contributed by atoms with Gasteiger partial charge in [-0.05, 0) is 18.8 Å². The Morgan fingerprint density at radius 1 is 1.46 bits per heavy atom. The van der Waals surface area contributed by atoms with Gasteiger partial charge in [0.1, 0.15) is 0 Å². The molecule has 0 spiro atoms. The van der Waals surface area contributed by atoms with Crippen LogP contribution in [0.25, 0.3) is 0 Å². The lowest BCUT2D eigenvalue weighted by molar-refractivity contribution is -0.134. The van der Waals surface area contributed by atoms with Crippen LogP contribution in [0.3, 0.4) is 0 Å². The first kappa shape index (κ1) is 12.4. The summed E-state index contributed by atoms with van der Waals surface area (Å²) in [4.78, 5) is 15.9. The number of hydrogen-bond acceptors (Lipinski definition) is 3. The quantitative estimate of drug-likeness (QED) is 0.461. The Kier molecular flexibility index (Phi) is 7.63. The fourth-order valence-corrected chi connectivity index (χ4v) is 0.737. The summed E-state index contributed by atoms with van der Waals surface area (Å²) in [5, 5.41) is 8.47. The predicted octanol–water partition coefficient (Wildman–Crippen LogP) is 0.853. The van der Waals surface area contributed by atoms with Crippen molar-refractivity contribution in [2.45, 2.75) is 33.1 Å². The van der Waals surface area contributed by atoms with Crippen molar-refractivity contribution in [1.29, 1.82) is 0 Å². The number of nitrogens with one attached hydrogen (secondary N) is 1. The minimum atomic E-state index is -0.117. The average molecular weight is 189 g/mol. The minimum Gasteiger partial charge on any atom is -0.396 e. The topological polar surface area (TPSA) is 58.6 Å². The third kappa shape index (κ3) is 9.30. The normalized spacial score (nSPS) is 10.5. The van der Waals surface area contributed by atoms with Crippen LogP contribution < -0.4 is 5.48 Å². The van der Waals surface area contributed by atoms with E-state index in [0.717, 1.165) is 0 Å². The van der Waals surface area contributed by atoms with Gasteiger partial charge < -0.3 is 5.11 Å². The number of aliphatic hydroxyl groups excluding tert-OH is 1. The summed E-state index contributed by atoms with van der Waals surface area (Å²) >= 11 is 0. The highest BCUT2D eigenvalue weighted by molar-refractivity contribution is 5.74. The second-order valence-electron chi connectivity index (χ2n) is 3.41. The highest BCUT2D eigenvalue weighted by atomic mass is 16.6. The van der Waals surface area contributed by atoms with Gasteiger partial charge in [-0.25, -0.2) is 5.48 Å². The van der Waals surface area contributed by atoms with Crippen molar-refractivity contribution < 1.29 is 14.7 Å². The molecule has 4 nitrogen and oxygen atoms in total. The van der Waals surface area contributed by atoms with Gasteiger partial charge in [0.25, 0.3) is 0 Å². The molecular weight excluding hydrogens is 170 g/mol. The van der Waals surface area contributed by atoms with Gasteiger partial charge in [0.2, 0.25) is 5.91 Å². The van der Waals surface area contributed by atoms with Crippen molar-refractivity contribution in [3.05, 3.63) is 0 Å². The molecule has 0 aromatic heterocycles. The predicted molar refractivity (Wildman–Crippen MR) is 49.9 cm³/mol. The number of aliphatic hydroxyl groups is 1. The molecule has 0 fully saturated rings. The molecule has 0 heterocycles. The first-order valence-electron chi connectivity index (χ1n) is 4.68. The van der Waals surface area contributed by atoms with E-state index in [1.54, 1.807) is 0 Å². The van der Waals surface area contributed by atoms with Crippen LogP contribution in [0.2, 0.25) is 0 Å². The number of hydroxylamine groups is 1. The van der Waals surface area contributed by atoms with Gasteiger partial charge in [-0.15, -0.1) is 0 Å². The van der Waals surface area contributed by atoms with Gasteiger partial charge in [0, 0.05) is 13.0 Å². The lowest BCUT2D eigenvalue weighted by Gasteiger charge is -2.07. The number of rotatable bonds is 7. The monoisotopic (exact) mass is 189 g/mol. The molecular formula is C9H19NO3. The highest BCUT2D eigenvalue weighted by Gasteiger charge is 2.00. The van der Waals surface area contributed by atoms with Gasteiger partial charge in [0.05, 0.1) is 6.61 Å². The zero-order valence-corrected chi connectivity index (χ0v) is 8.38. The standard InChI is InChI=1S/C9H19NO3/c1-8(2)7-13-10-9(12)5-3-4-6-11/h8,11H,3-7H2,1-2H3,(H,10,12). The minimum absolute atomic E-state index is 0.117. The van der Waals surface area contributed by atoms with Crippen LogP contribution in [-0.2, 0) is 9.63 Å². The SMILES string of the molecule is CC(C)CONC(=O)CCCCO. The molecule has 13 heavy (non-hydrogen) atoms. The van der Waals surface area contributed by atoms with E-state index in [-0.39, 0.29) is 12.5 Å². The van der Waals surface area contributed by atoms with E-state index >= 15 is 0 Å². The third-order valence-electron chi connectivity index (χ3n) is 1.41. The number of unbranched alkanes of at least 4 members (excludes halogenated alkanes) is 1. The Bertz CT molecular complexity index is 137. The Morgan fingerprint density at radius 3 is 2.69 bits per heavy atom. The molecule has 0 atom stereocenters. The summed E-state index contributed by atoms with van der Waals surface area (Å²) in [5.74, 6) is 0.298. The van der Waals surface area contributed by atoms with Crippen LogP contribution in [0.5, 0.6) is 0 Å². The summed E-state index contributed by atoms with van der Waals surface area (Å²) in [7, 11) is 0. The van der Waals surface area contributed by atoms with Crippen molar-refractivity contribution in [2.75, 3.05) is 13.2 Å². The third-order valence-corrected chi connectivity index (χ3v) is 1.41. The molecule has 0 aliphatic rings. The van der Waals surface area contributed by atoms with E-state index < -0.39 is 0 Å². The fraction of sp³-hybridized carbons (Fsp3) is 0.889. The summed E-state index contributed by atoms with van der Waals surface area (Å²) in [6.45, 7) is 4.70. The van der Waals surface area contributed by atoms with Crippen LogP contribution in [-0.4, -0.2) is 24.2 Å². The van der Waals surface area contributed by atoms with Crippen LogP contribution >= 0.6 is 0 Å². The van der Waals surface area contributed by atoms with Crippen molar-refractivity contribution in [3.63, 3.8) is 0 Å². The van der Waals surface area contributed by atoms with E-state index in [0.29, 0.717) is 31.8 Å². The first-order chi connectivity index (χ1) is 6.16. The van der Waals surface area contributed by atoms with Gasteiger partial charge in [-0.3, -0.25) is 9.63 Å². The molecule has 78 valence electrons. The largest absolute Gasteiger partial charge is 0.396 e. The summed E-state index contributed by atoms with van der Waals surface area (Å²) < 4.78 is 0. The molecule has 4 heteroatoms. The lowest BCUT2D eigenvalue weighted by Crippen LogP contribution is -2.25. The Hall–Kier alpha value is -0.610. The molecule has 0 saturated heterocycles. The van der Waals surface area contributed by atoms with E-state index in [2.05, 4.69) is 5.48 Å². The molecule has 0 radical (unpaired) electrons. The van der Waals surface area contributed by atoms with Crippen molar-refractivity contribution in [1.82, 2.24) is 5.48 Å². The number of carbonyl (C=O) groups is 1. The van der Waals surface area contributed by atoms with Crippen LogP contribution in [0.1, 0.15) is 33.1 Å². The molecule has 2 N–H and O–H groups in total. The molecule has 0 aromatic rings. The fourth-order valence-electron chi connectivity index (χ4n) is 0.737. The Morgan fingerprint density at radius 2 is 2.15 bits per heavy atom.